The number of hydrogen-bond acceptors (Lipinski definition) is 6. The third-order valence-electron chi connectivity index (χ3n) is 6.25. The standard InChI is InChI=1S/C29H29Cl2N3O5.ClH/c1-33(2)17-27(35)39-25-9-6-14-34(24-13-10-18(30)15-22(24)25)29(37)21-12-11-19(16-26(21)38-3)32-28(36)20-7-4-5-8-23(20)31;/h4-5,7-8,10-13,15-16,25H,6,9,14,17H2,1-3H3,(H,32,36);1H. The maximum absolute atomic E-state index is 13.8. The summed E-state index contributed by atoms with van der Waals surface area (Å²) in [7, 11) is 5.04. The number of ether oxygens (including phenoxy) is 2. The van der Waals surface area contributed by atoms with E-state index in [9.17, 15) is 14.4 Å². The quantitative estimate of drug-likeness (QED) is 0.319. The molecule has 1 aliphatic rings. The third kappa shape index (κ3) is 7.26. The van der Waals surface area contributed by atoms with Crippen LogP contribution in [0.4, 0.5) is 11.4 Å². The summed E-state index contributed by atoms with van der Waals surface area (Å²) in [6, 6.07) is 16.8. The number of halogens is 3. The molecule has 1 aliphatic heterocycles. The van der Waals surface area contributed by atoms with E-state index >= 15 is 0 Å². The number of esters is 1. The van der Waals surface area contributed by atoms with Gasteiger partial charge in [0.15, 0.2) is 0 Å². The lowest BCUT2D eigenvalue weighted by Crippen LogP contribution is -2.32. The zero-order valence-corrected chi connectivity index (χ0v) is 24.6. The number of carbonyl (C=O) groups is 3. The van der Waals surface area contributed by atoms with Crippen molar-refractivity contribution in [2.45, 2.75) is 18.9 Å². The number of nitrogens with zero attached hydrogens (tertiary/aromatic N) is 2. The lowest BCUT2D eigenvalue weighted by Gasteiger charge is -2.25. The van der Waals surface area contributed by atoms with Gasteiger partial charge in [-0.2, -0.15) is 0 Å². The highest BCUT2D eigenvalue weighted by molar-refractivity contribution is 6.34. The molecule has 8 nitrogen and oxygen atoms in total. The molecule has 0 saturated carbocycles. The summed E-state index contributed by atoms with van der Waals surface area (Å²) in [5, 5.41) is 3.61. The second-order valence-corrected chi connectivity index (χ2v) is 10.2. The molecule has 0 spiro atoms. The Morgan fingerprint density at radius 1 is 1.02 bits per heavy atom. The Labute approximate surface area is 249 Å². The maximum atomic E-state index is 13.8. The minimum Gasteiger partial charge on any atom is -0.496 e. The number of likely N-dealkylation sites (N-methyl/N-ethyl adjacent to an activating group) is 1. The van der Waals surface area contributed by atoms with E-state index < -0.39 is 6.10 Å². The second-order valence-electron chi connectivity index (χ2n) is 9.37. The van der Waals surface area contributed by atoms with E-state index in [1.54, 1.807) is 84.6 Å². The van der Waals surface area contributed by atoms with Crippen molar-refractivity contribution in [2.24, 2.45) is 0 Å². The molecule has 40 heavy (non-hydrogen) atoms. The first-order chi connectivity index (χ1) is 18.7. The molecule has 0 saturated heterocycles. The summed E-state index contributed by atoms with van der Waals surface area (Å²) in [6.45, 7) is 0.551. The number of amides is 2. The number of methoxy groups -OCH3 is 1. The van der Waals surface area contributed by atoms with Gasteiger partial charge in [0, 0.05) is 28.9 Å². The van der Waals surface area contributed by atoms with Gasteiger partial charge in [-0.1, -0.05) is 35.3 Å². The molecule has 0 radical (unpaired) electrons. The fraction of sp³-hybridized carbons (Fsp3) is 0.276. The van der Waals surface area contributed by atoms with Crippen molar-refractivity contribution in [3.05, 3.63) is 87.4 Å². The molecule has 0 bridgehead atoms. The SMILES string of the molecule is COc1cc(NC(=O)c2ccccc2Cl)ccc1C(=O)N1CCCC(OC(=O)CN(C)C)c2cc(Cl)ccc21.Cl. The Bertz CT molecular complexity index is 1400. The van der Waals surface area contributed by atoms with Crippen molar-refractivity contribution in [1.82, 2.24) is 4.90 Å². The summed E-state index contributed by atoms with van der Waals surface area (Å²) < 4.78 is 11.3. The molecule has 1 unspecified atom stereocenters. The first kappa shape index (κ1) is 31.2. The smallest absolute Gasteiger partial charge is 0.320 e. The van der Waals surface area contributed by atoms with E-state index in [1.165, 1.54) is 7.11 Å². The minimum atomic E-state index is -0.534. The highest BCUT2D eigenvalue weighted by atomic mass is 35.5. The molecule has 4 rings (SSSR count). The van der Waals surface area contributed by atoms with Gasteiger partial charge in [-0.25, -0.2) is 0 Å². The summed E-state index contributed by atoms with van der Waals surface area (Å²) in [5.41, 5.74) is 2.38. The molecule has 1 atom stereocenters. The number of benzene rings is 3. The summed E-state index contributed by atoms with van der Waals surface area (Å²) in [4.78, 5) is 42.4. The van der Waals surface area contributed by atoms with Crippen LogP contribution in [-0.2, 0) is 9.53 Å². The molecule has 0 fully saturated rings. The summed E-state index contributed by atoms with van der Waals surface area (Å²) >= 11 is 12.5. The number of carbonyl (C=O) groups excluding carboxylic acids is 3. The molecule has 0 aromatic heterocycles. The first-order valence-corrected chi connectivity index (χ1v) is 13.1. The highest BCUT2D eigenvalue weighted by Gasteiger charge is 2.31. The van der Waals surface area contributed by atoms with Gasteiger partial charge >= 0.3 is 5.97 Å². The van der Waals surface area contributed by atoms with Crippen LogP contribution in [0.3, 0.4) is 0 Å². The number of fused-ring (bicyclic) bond motifs is 1. The van der Waals surface area contributed by atoms with Crippen LogP contribution in [-0.4, -0.2) is 57.0 Å². The molecule has 11 heteroatoms. The Hall–Kier alpha value is -3.30. The van der Waals surface area contributed by atoms with Crippen LogP contribution >= 0.6 is 35.6 Å². The average Bonchev–Trinajstić information content (AvgIpc) is 3.07. The van der Waals surface area contributed by atoms with Gasteiger partial charge in [0.2, 0.25) is 0 Å². The number of rotatable bonds is 7. The van der Waals surface area contributed by atoms with Gasteiger partial charge < -0.3 is 19.7 Å². The average molecular weight is 607 g/mol. The van der Waals surface area contributed by atoms with Crippen molar-refractivity contribution in [3.63, 3.8) is 0 Å². The Morgan fingerprint density at radius 3 is 2.48 bits per heavy atom. The molecule has 1 heterocycles. The molecular weight excluding hydrogens is 577 g/mol. The van der Waals surface area contributed by atoms with Crippen molar-refractivity contribution in [3.8, 4) is 5.75 Å². The molecule has 212 valence electrons. The minimum absolute atomic E-state index is 0. The number of hydrogen-bond donors (Lipinski definition) is 1. The van der Waals surface area contributed by atoms with E-state index in [1.807, 2.05) is 0 Å². The van der Waals surface area contributed by atoms with E-state index in [4.69, 9.17) is 32.7 Å². The van der Waals surface area contributed by atoms with Gasteiger partial charge in [-0.3, -0.25) is 19.3 Å². The van der Waals surface area contributed by atoms with Crippen LogP contribution < -0.4 is 15.0 Å². The van der Waals surface area contributed by atoms with E-state index in [0.717, 1.165) is 0 Å². The third-order valence-corrected chi connectivity index (χ3v) is 6.81. The highest BCUT2D eigenvalue weighted by Crippen LogP contribution is 2.38. The lowest BCUT2D eigenvalue weighted by atomic mass is 10.0. The first-order valence-electron chi connectivity index (χ1n) is 12.4. The molecule has 1 N–H and O–H groups in total. The number of nitrogens with one attached hydrogen (secondary N) is 1. The molecular formula is C29H30Cl3N3O5. The van der Waals surface area contributed by atoms with E-state index in [0.29, 0.717) is 63.2 Å². The topological polar surface area (TPSA) is 88.2 Å². The summed E-state index contributed by atoms with van der Waals surface area (Å²) in [6.07, 6.45) is 0.611. The normalized spacial score (nSPS) is 14.4. The van der Waals surface area contributed by atoms with E-state index in [-0.39, 0.29) is 36.7 Å². The monoisotopic (exact) mass is 605 g/mol. The summed E-state index contributed by atoms with van der Waals surface area (Å²) in [5.74, 6) is -0.730. The maximum Gasteiger partial charge on any atom is 0.320 e. The zero-order valence-electron chi connectivity index (χ0n) is 22.3. The van der Waals surface area contributed by atoms with Crippen molar-refractivity contribution >= 4 is 64.8 Å². The fourth-order valence-corrected chi connectivity index (χ4v) is 4.86. The Kier molecular flexibility index (Phi) is 10.8. The van der Waals surface area contributed by atoms with Crippen LogP contribution in [0.15, 0.2) is 60.7 Å². The fourth-order valence-electron chi connectivity index (χ4n) is 4.46. The van der Waals surface area contributed by atoms with Gasteiger partial charge in [-0.05, 0) is 69.4 Å². The Balaban J connectivity index is 0.00000441. The van der Waals surface area contributed by atoms with Crippen LogP contribution in [0, 0.1) is 0 Å². The molecule has 2 amide bonds. The van der Waals surface area contributed by atoms with Gasteiger partial charge in [0.25, 0.3) is 11.8 Å². The number of anilines is 2. The van der Waals surface area contributed by atoms with Crippen molar-refractivity contribution in [1.29, 1.82) is 0 Å². The van der Waals surface area contributed by atoms with Gasteiger partial charge in [0.05, 0.1) is 35.5 Å². The van der Waals surface area contributed by atoms with Gasteiger partial charge in [-0.15, -0.1) is 12.4 Å². The van der Waals surface area contributed by atoms with Crippen LogP contribution in [0.5, 0.6) is 5.75 Å². The Morgan fingerprint density at radius 2 is 1.77 bits per heavy atom. The van der Waals surface area contributed by atoms with Crippen molar-refractivity contribution < 1.29 is 23.9 Å². The second kappa shape index (κ2) is 13.9. The van der Waals surface area contributed by atoms with Crippen molar-refractivity contribution in [2.75, 3.05) is 44.5 Å². The molecule has 0 aliphatic carbocycles. The largest absolute Gasteiger partial charge is 0.496 e. The van der Waals surface area contributed by atoms with E-state index in [2.05, 4.69) is 5.32 Å². The van der Waals surface area contributed by atoms with Crippen LogP contribution in [0.2, 0.25) is 10.0 Å². The van der Waals surface area contributed by atoms with Gasteiger partial charge in [0.1, 0.15) is 11.9 Å². The molecule has 3 aromatic rings. The predicted molar refractivity (Wildman–Crippen MR) is 159 cm³/mol. The van der Waals surface area contributed by atoms with Crippen LogP contribution in [0.25, 0.3) is 0 Å². The lowest BCUT2D eigenvalue weighted by molar-refractivity contribution is -0.150. The predicted octanol–water partition coefficient (Wildman–Crippen LogP) is 6.26. The van der Waals surface area contributed by atoms with Crippen LogP contribution in [0.1, 0.15) is 45.2 Å². The molecule has 3 aromatic carbocycles. The zero-order chi connectivity index (χ0) is 28.1.